The molecule has 2 aromatic heterocycles. The molecule has 0 amide bonds. The largest absolute Gasteiger partial charge is 0.261 e. The molecule has 2 heterocycles. The lowest BCUT2D eigenvalue weighted by Crippen LogP contribution is -1.90. The van der Waals surface area contributed by atoms with Crippen molar-refractivity contribution in [3.05, 3.63) is 108 Å². The molecule has 0 N–H and O–H groups in total. The van der Waals surface area contributed by atoms with Crippen LogP contribution in [0.4, 0.5) is 0 Å². The van der Waals surface area contributed by atoms with Crippen molar-refractivity contribution in [2.24, 2.45) is 0 Å². The van der Waals surface area contributed by atoms with Gasteiger partial charge in [-0.05, 0) is 97.0 Å². The summed E-state index contributed by atoms with van der Waals surface area (Å²) in [5.41, 5.74) is 12.3. The van der Waals surface area contributed by atoms with Crippen molar-refractivity contribution in [1.29, 1.82) is 0 Å². The second kappa shape index (κ2) is 8.76. The topological polar surface area (TPSA) is 25.8 Å². The first kappa shape index (κ1) is 21.3. The molecule has 0 unspecified atom stereocenters. The van der Waals surface area contributed by atoms with E-state index in [1.807, 2.05) is 6.20 Å². The third-order valence-electron chi connectivity index (χ3n) is 6.05. The molecule has 5 rings (SSSR count). The maximum atomic E-state index is 4.48. The van der Waals surface area contributed by atoms with E-state index < -0.39 is 0 Å². The Hall–Kier alpha value is -3.56. The van der Waals surface area contributed by atoms with Crippen molar-refractivity contribution in [3.8, 4) is 43.3 Å². The summed E-state index contributed by atoms with van der Waals surface area (Å²) in [4.78, 5) is 11.1. The minimum absolute atomic E-state index is 0.911. The molecular weight excluding hydrogens is 420 g/mol. The lowest BCUT2D eigenvalue weighted by Gasteiger charge is -2.14. The van der Waals surface area contributed by atoms with E-state index in [2.05, 4.69) is 104 Å². The second-order valence-corrected chi connectivity index (χ2v) is 9.77. The quantitative estimate of drug-likeness (QED) is 0.277. The van der Waals surface area contributed by atoms with Crippen LogP contribution >= 0.6 is 11.3 Å². The second-order valence-electron chi connectivity index (χ2n) is 8.69. The summed E-state index contributed by atoms with van der Waals surface area (Å²) in [6.45, 7) is 8.70. The molecule has 33 heavy (non-hydrogen) atoms. The van der Waals surface area contributed by atoms with Crippen LogP contribution in [0.15, 0.2) is 85.3 Å². The number of benzene rings is 3. The summed E-state index contributed by atoms with van der Waals surface area (Å²) in [5.74, 6) is 0. The first-order valence-corrected chi connectivity index (χ1v) is 12.0. The van der Waals surface area contributed by atoms with Gasteiger partial charge in [0.25, 0.3) is 0 Å². The van der Waals surface area contributed by atoms with Crippen molar-refractivity contribution in [3.63, 3.8) is 0 Å². The number of hydrogen-bond acceptors (Lipinski definition) is 3. The summed E-state index contributed by atoms with van der Waals surface area (Å²) in [5, 5.41) is 0. The monoisotopic (exact) mass is 446 g/mol. The van der Waals surface area contributed by atoms with E-state index in [4.69, 9.17) is 0 Å². The maximum absolute atomic E-state index is 4.48. The van der Waals surface area contributed by atoms with Gasteiger partial charge in [-0.1, -0.05) is 47.5 Å². The van der Waals surface area contributed by atoms with Gasteiger partial charge in [0.2, 0.25) is 0 Å². The molecule has 0 saturated heterocycles. The van der Waals surface area contributed by atoms with Gasteiger partial charge in [-0.25, -0.2) is 0 Å². The fourth-order valence-electron chi connectivity index (χ4n) is 4.23. The standard InChI is InChI=1S/C30H26N2S/c1-19-5-7-21(3)26(13-19)23-15-24(27-14-20(2)6-8-22(27)4)17-25(16-23)29-9-10-30(33-29)28-18-31-11-12-32-28/h5-18H,1-4H3. The van der Waals surface area contributed by atoms with E-state index in [0.717, 1.165) is 10.6 Å². The van der Waals surface area contributed by atoms with Crippen LogP contribution in [0.25, 0.3) is 43.3 Å². The fourth-order valence-corrected chi connectivity index (χ4v) is 5.19. The van der Waals surface area contributed by atoms with E-state index in [1.54, 1.807) is 23.7 Å². The van der Waals surface area contributed by atoms with Gasteiger partial charge in [0.05, 0.1) is 16.8 Å². The predicted molar refractivity (Wildman–Crippen MR) is 141 cm³/mol. The summed E-state index contributed by atoms with van der Waals surface area (Å²) >= 11 is 1.76. The smallest absolute Gasteiger partial charge is 0.0984 e. The van der Waals surface area contributed by atoms with Crippen LogP contribution in [0, 0.1) is 27.7 Å². The molecular formula is C30H26N2S. The van der Waals surface area contributed by atoms with Crippen LogP contribution < -0.4 is 0 Å². The third kappa shape index (κ3) is 4.37. The van der Waals surface area contributed by atoms with Crippen LogP contribution in [0.5, 0.6) is 0 Å². The first-order valence-electron chi connectivity index (χ1n) is 11.1. The van der Waals surface area contributed by atoms with E-state index in [1.165, 1.54) is 54.9 Å². The lowest BCUT2D eigenvalue weighted by atomic mass is 9.91. The lowest BCUT2D eigenvalue weighted by molar-refractivity contribution is 1.21. The molecule has 0 aliphatic rings. The molecule has 0 radical (unpaired) electrons. The minimum atomic E-state index is 0.911. The third-order valence-corrected chi connectivity index (χ3v) is 7.20. The molecule has 0 spiro atoms. The molecule has 2 nitrogen and oxygen atoms in total. The van der Waals surface area contributed by atoms with Gasteiger partial charge < -0.3 is 0 Å². The zero-order chi connectivity index (χ0) is 22.9. The predicted octanol–water partition coefficient (Wildman–Crippen LogP) is 8.44. The van der Waals surface area contributed by atoms with E-state index in [-0.39, 0.29) is 0 Å². The average molecular weight is 447 g/mol. The Balaban J connectivity index is 1.70. The minimum Gasteiger partial charge on any atom is -0.261 e. The van der Waals surface area contributed by atoms with Crippen molar-refractivity contribution in [1.82, 2.24) is 9.97 Å². The molecule has 0 saturated carbocycles. The number of aryl methyl sites for hydroxylation is 4. The molecule has 0 fully saturated rings. The summed E-state index contributed by atoms with van der Waals surface area (Å²) in [7, 11) is 0. The number of nitrogens with zero attached hydrogens (tertiary/aromatic N) is 2. The van der Waals surface area contributed by atoms with Crippen LogP contribution in [-0.4, -0.2) is 9.97 Å². The highest BCUT2D eigenvalue weighted by atomic mass is 32.1. The molecule has 0 aliphatic heterocycles. The highest BCUT2D eigenvalue weighted by Crippen LogP contribution is 2.39. The maximum Gasteiger partial charge on any atom is 0.0984 e. The van der Waals surface area contributed by atoms with Gasteiger partial charge >= 0.3 is 0 Å². The van der Waals surface area contributed by atoms with Crippen LogP contribution in [0.1, 0.15) is 22.3 Å². The van der Waals surface area contributed by atoms with Gasteiger partial charge in [0, 0.05) is 17.3 Å². The zero-order valence-electron chi connectivity index (χ0n) is 19.4. The Morgan fingerprint density at radius 1 is 0.576 bits per heavy atom. The van der Waals surface area contributed by atoms with E-state index >= 15 is 0 Å². The molecule has 162 valence electrons. The van der Waals surface area contributed by atoms with Crippen molar-refractivity contribution < 1.29 is 0 Å². The van der Waals surface area contributed by atoms with Crippen molar-refractivity contribution in [2.45, 2.75) is 27.7 Å². The SMILES string of the molecule is Cc1ccc(C)c(-c2cc(-c3ccc(-c4cnccn4)s3)cc(-c3cc(C)ccc3C)c2)c1. The zero-order valence-corrected chi connectivity index (χ0v) is 20.2. The Bertz CT molecular complexity index is 1380. The molecule has 0 bridgehead atoms. The molecule has 0 aliphatic carbocycles. The number of hydrogen-bond donors (Lipinski definition) is 0. The van der Waals surface area contributed by atoms with E-state index in [0.29, 0.717) is 0 Å². The Kier molecular flexibility index (Phi) is 5.65. The van der Waals surface area contributed by atoms with Gasteiger partial charge in [-0.3, -0.25) is 9.97 Å². The summed E-state index contributed by atoms with van der Waals surface area (Å²) in [6, 6.07) is 24.7. The normalized spacial score (nSPS) is 11.0. The fraction of sp³-hybridized carbons (Fsp3) is 0.133. The number of rotatable bonds is 4. The molecule has 0 atom stereocenters. The Morgan fingerprint density at radius 3 is 1.73 bits per heavy atom. The van der Waals surface area contributed by atoms with Crippen molar-refractivity contribution in [2.75, 3.05) is 0 Å². The summed E-state index contributed by atoms with van der Waals surface area (Å²) in [6.07, 6.45) is 5.28. The molecule has 3 heteroatoms. The van der Waals surface area contributed by atoms with Crippen LogP contribution in [0.3, 0.4) is 0 Å². The van der Waals surface area contributed by atoms with E-state index in [9.17, 15) is 0 Å². The van der Waals surface area contributed by atoms with Gasteiger partial charge in [0.1, 0.15) is 0 Å². The highest BCUT2D eigenvalue weighted by Gasteiger charge is 2.13. The average Bonchev–Trinajstić information content (AvgIpc) is 3.33. The van der Waals surface area contributed by atoms with Gasteiger partial charge in [0.15, 0.2) is 0 Å². The van der Waals surface area contributed by atoms with Crippen molar-refractivity contribution >= 4 is 11.3 Å². The van der Waals surface area contributed by atoms with Crippen LogP contribution in [0.2, 0.25) is 0 Å². The summed E-state index contributed by atoms with van der Waals surface area (Å²) < 4.78 is 0. The number of thiophene rings is 1. The molecule has 5 aromatic rings. The van der Waals surface area contributed by atoms with Crippen LogP contribution in [-0.2, 0) is 0 Å². The first-order chi connectivity index (χ1) is 16.0. The highest BCUT2D eigenvalue weighted by molar-refractivity contribution is 7.18. The Morgan fingerprint density at radius 2 is 1.15 bits per heavy atom. The Labute approximate surface area is 199 Å². The molecule has 3 aromatic carbocycles. The number of aromatic nitrogens is 2. The van der Waals surface area contributed by atoms with Gasteiger partial charge in [-0.15, -0.1) is 11.3 Å². The van der Waals surface area contributed by atoms with Gasteiger partial charge in [-0.2, -0.15) is 0 Å².